The lowest BCUT2D eigenvalue weighted by atomic mass is 10.1. The smallest absolute Gasteiger partial charge is 0.261 e. The maximum atomic E-state index is 12.4. The number of nitrogens with zero attached hydrogens (tertiary/aromatic N) is 2. The van der Waals surface area contributed by atoms with E-state index in [2.05, 4.69) is 10.3 Å². The highest BCUT2D eigenvalue weighted by Crippen LogP contribution is 2.28. The van der Waals surface area contributed by atoms with Gasteiger partial charge in [0.1, 0.15) is 0 Å². The molecule has 4 rings (SSSR count). The quantitative estimate of drug-likeness (QED) is 0.228. The number of unbranched alkanes of at least 4 members (excludes halogenated alkanes) is 7. The Kier molecular flexibility index (Phi) is 8.71. The Labute approximate surface area is 221 Å². The van der Waals surface area contributed by atoms with E-state index >= 15 is 0 Å². The van der Waals surface area contributed by atoms with Crippen molar-refractivity contribution in [1.82, 2.24) is 9.88 Å². The number of rotatable bonds is 13. The molecule has 1 aromatic heterocycles. The third-order valence-corrected chi connectivity index (χ3v) is 8.49. The molecule has 1 N–H and O–H groups in total. The second-order valence-corrected chi connectivity index (χ2v) is 12.4. The van der Waals surface area contributed by atoms with Crippen molar-refractivity contribution >= 4 is 54.2 Å². The van der Waals surface area contributed by atoms with E-state index < -0.39 is 9.84 Å². The fourth-order valence-corrected chi connectivity index (χ4v) is 6.07. The third kappa shape index (κ3) is 6.81. The Balaban J connectivity index is 1.05. The lowest BCUT2D eigenvalue weighted by Gasteiger charge is -2.13. The van der Waals surface area contributed by atoms with Gasteiger partial charge >= 0.3 is 0 Å². The number of amides is 3. The first-order valence-corrected chi connectivity index (χ1v) is 15.3. The van der Waals surface area contributed by atoms with Gasteiger partial charge in [-0.05, 0) is 43.2 Å². The van der Waals surface area contributed by atoms with Crippen LogP contribution < -0.4 is 5.32 Å². The number of aromatic nitrogens is 1. The van der Waals surface area contributed by atoms with Crippen LogP contribution in [0.4, 0.5) is 5.13 Å². The van der Waals surface area contributed by atoms with Crippen molar-refractivity contribution in [3.63, 3.8) is 0 Å². The molecule has 0 radical (unpaired) electrons. The lowest BCUT2D eigenvalue weighted by Crippen LogP contribution is -2.30. The van der Waals surface area contributed by atoms with Crippen LogP contribution in [-0.2, 0) is 14.6 Å². The average Bonchev–Trinajstić information content (AvgIpc) is 3.37. The first-order chi connectivity index (χ1) is 17.7. The molecule has 37 heavy (non-hydrogen) atoms. The van der Waals surface area contributed by atoms with Gasteiger partial charge < -0.3 is 5.32 Å². The molecule has 0 saturated carbocycles. The SMILES string of the molecule is CS(=O)(=O)c1ccc2nc(NC(=O)CCCCCCCCCCN3C(=O)c4ccccc4C3=O)sc2c1. The molecule has 3 amide bonds. The van der Waals surface area contributed by atoms with Crippen molar-refractivity contribution in [2.24, 2.45) is 0 Å². The van der Waals surface area contributed by atoms with Crippen LogP contribution in [-0.4, -0.2) is 48.8 Å². The van der Waals surface area contributed by atoms with Crippen molar-refractivity contribution in [2.75, 3.05) is 18.1 Å². The van der Waals surface area contributed by atoms with E-state index in [1.807, 2.05) is 0 Å². The highest BCUT2D eigenvalue weighted by atomic mass is 32.2. The van der Waals surface area contributed by atoms with Gasteiger partial charge in [0.25, 0.3) is 11.8 Å². The largest absolute Gasteiger partial charge is 0.302 e. The van der Waals surface area contributed by atoms with Gasteiger partial charge in [-0.2, -0.15) is 0 Å². The van der Waals surface area contributed by atoms with Crippen LogP contribution in [0.5, 0.6) is 0 Å². The molecule has 2 aromatic carbocycles. The van der Waals surface area contributed by atoms with E-state index in [0.717, 1.165) is 56.1 Å². The summed E-state index contributed by atoms with van der Waals surface area (Å²) in [6, 6.07) is 11.7. The second kappa shape index (κ2) is 12.0. The van der Waals surface area contributed by atoms with Crippen LogP contribution in [0.1, 0.15) is 78.5 Å². The van der Waals surface area contributed by atoms with Crippen molar-refractivity contribution in [1.29, 1.82) is 0 Å². The minimum Gasteiger partial charge on any atom is -0.302 e. The Morgan fingerprint density at radius 1 is 0.892 bits per heavy atom. The molecule has 0 fully saturated rings. The maximum Gasteiger partial charge on any atom is 0.261 e. The molecule has 1 aliphatic rings. The molecular weight excluding hydrogens is 510 g/mol. The number of hydrogen-bond acceptors (Lipinski definition) is 7. The zero-order valence-electron chi connectivity index (χ0n) is 20.9. The number of sulfone groups is 1. The first kappa shape index (κ1) is 26.9. The molecule has 10 heteroatoms. The van der Waals surface area contributed by atoms with Crippen molar-refractivity contribution < 1.29 is 22.8 Å². The average molecular weight is 542 g/mol. The summed E-state index contributed by atoms with van der Waals surface area (Å²) in [7, 11) is -3.29. The summed E-state index contributed by atoms with van der Waals surface area (Å²) in [6.07, 6.45) is 9.45. The Hall–Kier alpha value is -3.11. The first-order valence-electron chi connectivity index (χ1n) is 12.6. The van der Waals surface area contributed by atoms with Crippen molar-refractivity contribution in [3.8, 4) is 0 Å². The predicted molar refractivity (Wildman–Crippen MR) is 145 cm³/mol. The monoisotopic (exact) mass is 541 g/mol. The van der Waals surface area contributed by atoms with Crippen LogP contribution >= 0.6 is 11.3 Å². The standard InChI is InChI=1S/C27H31N3O5S2/c1-37(34,35)19-15-16-22-23(18-19)36-27(28-22)29-24(31)14-8-6-4-2-3-5-7-11-17-30-25(32)20-12-9-10-13-21(20)26(30)33/h9-10,12-13,15-16,18H,2-8,11,14,17H2,1H3,(H,28,29,31). The van der Waals surface area contributed by atoms with Gasteiger partial charge in [-0.1, -0.05) is 62.0 Å². The fraction of sp³-hybridized carbons (Fsp3) is 0.407. The number of fused-ring (bicyclic) bond motifs is 2. The number of nitrogens with one attached hydrogen (secondary N) is 1. The summed E-state index contributed by atoms with van der Waals surface area (Å²) in [5.41, 5.74) is 1.67. The minimum absolute atomic E-state index is 0.0875. The summed E-state index contributed by atoms with van der Waals surface area (Å²) in [4.78, 5) is 42.9. The summed E-state index contributed by atoms with van der Waals surface area (Å²) >= 11 is 1.27. The number of carbonyl (C=O) groups is 3. The summed E-state index contributed by atoms with van der Waals surface area (Å²) in [5, 5.41) is 3.30. The Morgan fingerprint density at radius 3 is 2.11 bits per heavy atom. The fourth-order valence-electron chi connectivity index (χ4n) is 4.43. The van der Waals surface area contributed by atoms with Gasteiger partial charge in [-0.25, -0.2) is 13.4 Å². The summed E-state index contributed by atoms with van der Waals surface area (Å²) in [5.74, 6) is -0.460. The number of carbonyl (C=O) groups excluding carboxylic acids is 3. The molecule has 8 nitrogen and oxygen atoms in total. The van der Waals surface area contributed by atoms with Gasteiger partial charge in [-0.3, -0.25) is 19.3 Å². The molecule has 2 heterocycles. The zero-order chi connectivity index (χ0) is 26.4. The van der Waals surface area contributed by atoms with Crippen LogP contribution in [0.2, 0.25) is 0 Å². The molecule has 0 bridgehead atoms. The highest BCUT2D eigenvalue weighted by Gasteiger charge is 2.34. The van der Waals surface area contributed by atoms with E-state index in [9.17, 15) is 22.8 Å². The summed E-state index contributed by atoms with van der Waals surface area (Å²) < 4.78 is 24.2. The molecule has 0 atom stereocenters. The number of imide groups is 1. The van der Waals surface area contributed by atoms with Gasteiger partial charge in [0.05, 0.1) is 26.2 Å². The Bertz CT molecular complexity index is 1380. The van der Waals surface area contributed by atoms with Crippen LogP contribution in [0, 0.1) is 0 Å². The zero-order valence-corrected chi connectivity index (χ0v) is 22.5. The number of thiazole rings is 1. The normalized spacial score (nSPS) is 13.4. The second-order valence-electron chi connectivity index (χ2n) is 9.35. The van der Waals surface area contributed by atoms with Crippen molar-refractivity contribution in [3.05, 3.63) is 53.6 Å². The van der Waals surface area contributed by atoms with Gasteiger partial charge in [0.2, 0.25) is 5.91 Å². The molecular formula is C27H31N3O5S2. The lowest BCUT2D eigenvalue weighted by molar-refractivity contribution is -0.116. The molecule has 0 aliphatic carbocycles. The molecule has 196 valence electrons. The number of hydrogen-bond donors (Lipinski definition) is 1. The molecule has 0 unspecified atom stereocenters. The third-order valence-electron chi connectivity index (χ3n) is 6.45. The highest BCUT2D eigenvalue weighted by molar-refractivity contribution is 7.90. The van der Waals surface area contributed by atoms with E-state index in [-0.39, 0.29) is 22.6 Å². The molecule has 0 saturated heterocycles. The Morgan fingerprint density at radius 2 is 1.49 bits per heavy atom. The minimum atomic E-state index is -3.29. The topological polar surface area (TPSA) is 114 Å². The van der Waals surface area contributed by atoms with Gasteiger partial charge in [-0.15, -0.1) is 0 Å². The van der Waals surface area contributed by atoms with E-state index in [1.165, 1.54) is 28.6 Å². The summed E-state index contributed by atoms with van der Waals surface area (Å²) in [6.45, 7) is 0.467. The van der Waals surface area contributed by atoms with E-state index in [0.29, 0.717) is 34.7 Å². The van der Waals surface area contributed by atoms with Crippen molar-refractivity contribution in [2.45, 2.75) is 62.7 Å². The van der Waals surface area contributed by atoms with Gasteiger partial charge in [0, 0.05) is 19.2 Å². The van der Waals surface area contributed by atoms with E-state index in [1.54, 1.807) is 36.4 Å². The number of benzene rings is 2. The van der Waals surface area contributed by atoms with Crippen LogP contribution in [0.3, 0.4) is 0 Å². The molecule has 1 aliphatic heterocycles. The molecule has 0 spiro atoms. The van der Waals surface area contributed by atoms with Crippen LogP contribution in [0.15, 0.2) is 47.4 Å². The number of anilines is 1. The molecule has 3 aromatic rings. The van der Waals surface area contributed by atoms with Gasteiger partial charge in [0.15, 0.2) is 15.0 Å². The predicted octanol–water partition coefficient (Wildman–Crippen LogP) is 5.45. The van der Waals surface area contributed by atoms with E-state index in [4.69, 9.17) is 0 Å². The maximum absolute atomic E-state index is 12.4. The van der Waals surface area contributed by atoms with Crippen LogP contribution in [0.25, 0.3) is 10.2 Å².